The van der Waals surface area contributed by atoms with Crippen LogP contribution in [0.1, 0.15) is 5.56 Å². The van der Waals surface area contributed by atoms with Gasteiger partial charge in [-0.2, -0.15) is 0 Å². The Morgan fingerprint density at radius 2 is 1.77 bits per heavy atom. The van der Waals surface area contributed by atoms with Crippen LogP contribution >= 0.6 is 0 Å². The summed E-state index contributed by atoms with van der Waals surface area (Å²) in [4.78, 5) is 11.5. The van der Waals surface area contributed by atoms with Gasteiger partial charge in [-0.1, -0.05) is 0 Å². The summed E-state index contributed by atoms with van der Waals surface area (Å²) in [6, 6.07) is 19.0. The standard InChI is InChI=1S/C17H17NO3Se/c1-21-17(19)16(22-15-10-6-3-7-11-15)13-18(20)12-14-8-4-2-5-9-14/h2-12,16H,13H2,1H3/b18-12-. The van der Waals surface area contributed by atoms with Crippen molar-refractivity contribution >= 4 is 31.6 Å². The van der Waals surface area contributed by atoms with Crippen LogP contribution in [-0.4, -0.2) is 45.5 Å². The third-order valence-electron chi connectivity index (χ3n) is 2.92. The van der Waals surface area contributed by atoms with Gasteiger partial charge < -0.3 is 0 Å². The van der Waals surface area contributed by atoms with Gasteiger partial charge in [0.25, 0.3) is 0 Å². The van der Waals surface area contributed by atoms with E-state index in [1.165, 1.54) is 13.3 Å². The second kappa shape index (κ2) is 8.37. The number of rotatable bonds is 6. The molecule has 2 aromatic rings. The molecule has 0 spiro atoms. The van der Waals surface area contributed by atoms with Crippen molar-refractivity contribution in [3.63, 3.8) is 0 Å². The van der Waals surface area contributed by atoms with Gasteiger partial charge in [0.05, 0.1) is 0 Å². The summed E-state index contributed by atoms with van der Waals surface area (Å²) in [5, 5.41) is 12.1. The van der Waals surface area contributed by atoms with Gasteiger partial charge in [-0.05, 0) is 0 Å². The van der Waals surface area contributed by atoms with Gasteiger partial charge in [0, 0.05) is 0 Å². The maximum atomic E-state index is 12.1. The number of hydrogen-bond donors (Lipinski definition) is 0. The van der Waals surface area contributed by atoms with Crippen molar-refractivity contribution in [1.29, 1.82) is 0 Å². The fraction of sp³-hybridized carbons (Fsp3) is 0.176. The second-order valence-corrected chi connectivity index (χ2v) is 7.26. The average Bonchev–Trinajstić information content (AvgIpc) is 2.55. The van der Waals surface area contributed by atoms with Crippen molar-refractivity contribution in [2.45, 2.75) is 4.82 Å². The first-order valence-corrected chi connectivity index (χ1v) is 8.67. The number of carbonyl (C=O) groups is 1. The van der Waals surface area contributed by atoms with Gasteiger partial charge in [0.2, 0.25) is 0 Å². The number of carbonyl (C=O) groups excluding carboxylic acids is 1. The zero-order valence-electron chi connectivity index (χ0n) is 12.2. The van der Waals surface area contributed by atoms with Crippen molar-refractivity contribution in [1.82, 2.24) is 0 Å². The van der Waals surface area contributed by atoms with E-state index in [-0.39, 0.29) is 27.5 Å². The van der Waals surface area contributed by atoms with Crippen molar-refractivity contribution in [2.75, 3.05) is 13.7 Å². The molecule has 0 amide bonds. The third kappa shape index (κ3) is 5.02. The van der Waals surface area contributed by atoms with Crippen LogP contribution in [0.15, 0.2) is 60.7 Å². The summed E-state index contributed by atoms with van der Waals surface area (Å²) in [6.45, 7) is 0.0937. The average molecular weight is 362 g/mol. The van der Waals surface area contributed by atoms with E-state index in [2.05, 4.69) is 0 Å². The van der Waals surface area contributed by atoms with Gasteiger partial charge in [-0.3, -0.25) is 0 Å². The molecule has 0 bridgehead atoms. The van der Waals surface area contributed by atoms with E-state index in [1.54, 1.807) is 0 Å². The van der Waals surface area contributed by atoms with Crippen LogP contribution in [0.2, 0.25) is 4.82 Å². The van der Waals surface area contributed by atoms with Crippen molar-refractivity contribution in [3.05, 3.63) is 71.4 Å². The van der Waals surface area contributed by atoms with Crippen LogP contribution < -0.4 is 4.46 Å². The SMILES string of the molecule is COC(=O)C(C/[N+]([O-])=C/c1ccccc1)[Se]c1ccccc1. The fourth-order valence-corrected chi connectivity index (χ4v) is 4.09. The van der Waals surface area contributed by atoms with Gasteiger partial charge in [0.15, 0.2) is 0 Å². The minimum absolute atomic E-state index is 0.0937. The normalized spacial score (nSPS) is 12.7. The Balaban J connectivity index is 2.09. The van der Waals surface area contributed by atoms with E-state index in [1.807, 2.05) is 60.7 Å². The summed E-state index contributed by atoms with van der Waals surface area (Å²) in [5.41, 5.74) is 0.813. The molecular weight excluding hydrogens is 345 g/mol. The van der Waals surface area contributed by atoms with E-state index >= 15 is 0 Å². The second-order valence-electron chi connectivity index (χ2n) is 4.58. The van der Waals surface area contributed by atoms with Crippen molar-refractivity contribution in [3.8, 4) is 0 Å². The molecule has 0 aliphatic heterocycles. The molecule has 22 heavy (non-hydrogen) atoms. The number of hydroxylamine groups is 1. The number of nitrogens with zero attached hydrogens (tertiary/aromatic N) is 1. The molecule has 0 aliphatic rings. The first-order valence-electron chi connectivity index (χ1n) is 6.82. The van der Waals surface area contributed by atoms with E-state index in [0.29, 0.717) is 0 Å². The minimum atomic E-state index is -0.433. The summed E-state index contributed by atoms with van der Waals surface area (Å²) in [5.74, 6) is -0.342. The monoisotopic (exact) mass is 363 g/mol. The summed E-state index contributed by atoms with van der Waals surface area (Å²) in [6.07, 6.45) is 1.50. The molecule has 0 aliphatic carbocycles. The number of methoxy groups -OCH3 is 1. The van der Waals surface area contributed by atoms with Crippen LogP contribution in [0.3, 0.4) is 0 Å². The topological polar surface area (TPSA) is 52.4 Å². The van der Waals surface area contributed by atoms with Crippen molar-refractivity contribution in [2.24, 2.45) is 0 Å². The molecule has 5 heteroatoms. The number of ether oxygens (including phenoxy) is 1. The zero-order chi connectivity index (χ0) is 15.8. The van der Waals surface area contributed by atoms with Gasteiger partial charge in [-0.25, -0.2) is 0 Å². The molecule has 0 saturated carbocycles. The van der Waals surface area contributed by atoms with E-state index in [4.69, 9.17) is 4.74 Å². The number of benzene rings is 2. The Morgan fingerprint density at radius 1 is 1.18 bits per heavy atom. The molecule has 2 rings (SSSR count). The van der Waals surface area contributed by atoms with Crippen LogP contribution in [0.5, 0.6) is 0 Å². The van der Waals surface area contributed by atoms with Crippen molar-refractivity contribution < 1.29 is 14.3 Å². The molecule has 1 unspecified atom stereocenters. The predicted molar refractivity (Wildman–Crippen MR) is 87.7 cm³/mol. The molecule has 0 aromatic heterocycles. The molecule has 0 fully saturated rings. The molecule has 1 atom stereocenters. The quantitative estimate of drug-likeness (QED) is 0.196. The summed E-state index contributed by atoms with van der Waals surface area (Å²) < 4.78 is 6.71. The number of hydrogen-bond acceptors (Lipinski definition) is 3. The predicted octanol–water partition coefficient (Wildman–Crippen LogP) is 1.61. The molecule has 114 valence electrons. The Labute approximate surface area is 136 Å². The molecule has 0 N–H and O–H groups in total. The fourth-order valence-electron chi connectivity index (χ4n) is 1.88. The molecule has 4 nitrogen and oxygen atoms in total. The van der Waals surface area contributed by atoms with Crippen LogP contribution in [0.25, 0.3) is 0 Å². The molecule has 0 radical (unpaired) electrons. The van der Waals surface area contributed by atoms with E-state index in [0.717, 1.165) is 14.8 Å². The van der Waals surface area contributed by atoms with Gasteiger partial charge in [0.1, 0.15) is 0 Å². The third-order valence-corrected chi connectivity index (χ3v) is 5.38. The van der Waals surface area contributed by atoms with Gasteiger partial charge >= 0.3 is 136 Å². The van der Waals surface area contributed by atoms with E-state index < -0.39 is 4.82 Å². The molecular formula is C17H17NO3Se. The Bertz CT molecular complexity index is 629. The molecule has 0 heterocycles. The summed E-state index contributed by atoms with van der Waals surface area (Å²) in [7, 11) is 1.35. The Kier molecular flexibility index (Phi) is 6.19. The van der Waals surface area contributed by atoms with Crippen LogP contribution in [0.4, 0.5) is 0 Å². The zero-order valence-corrected chi connectivity index (χ0v) is 13.9. The molecule has 0 saturated heterocycles. The van der Waals surface area contributed by atoms with Gasteiger partial charge in [-0.15, -0.1) is 0 Å². The van der Waals surface area contributed by atoms with Crippen LogP contribution in [0, 0.1) is 5.21 Å². The summed E-state index contributed by atoms with van der Waals surface area (Å²) >= 11 is -0.151. The first kappa shape index (κ1) is 16.3. The molecule has 2 aromatic carbocycles. The van der Waals surface area contributed by atoms with E-state index in [9.17, 15) is 10.0 Å². The maximum absolute atomic E-state index is 12.1. The van der Waals surface area contributed by atoms with Crippen LogP contribution in [-0.2, 0) is 9.53 Å². The number of esters is 1. The Morgan fingerprint density at radius 3 is 2.36 bits per heavy atom. The first-order chi connectivity index (χ1) is 10.7. The Hall–Kier alpha value is -2.10.